The lowest BCUT2D eigenvalue weighted by atomic mass is 9.78. The van der Waals surface area contributed by atoms with E-state index in [9.17, 15) is 4.79 Å². The van der Waals surface area contributed by atoms with Crippen molar-refractivity contribution in [2.24, 2.45) is 0 Å². The van der Waals surface area contributed by atoms with Gasteiger partial charge in [0.25, 0.3) is 0 Å². The maximum Gasteiger partial charge on any atom is 0.494 e. The molecule has 0 aliphatic carbocycles. The molecule has 1 aromatic carbocycles. The van der Waals surface area contributed by atoms with E-state index in [0.717, 1.165) is 48.5 Å². The van der Waals surface area contributed by atoms with Gasteiger partial charge < -0.3 is 14.0 Å². The number of ether oxygens (including phenoxy) is 1. The van der Waals surface area contributed by atoms with Gasteiger partial charge in [-0.15, -0.1) is 0 Å². The number of hydrogen-bond donors (Lipinski definition) is 0. The average molecular weight is 356 g/mol. The van der Waals surface area contributed by atoms with E-state index >= 15 is 0 Å². The lowest BCUT2D eigenvalue weighted by Gasteiger charge is -2.32. The standard InChI is InChI=1S/C19H25BN2O4/c1-18(2)19(3,4)26-20(25-18)13-8-9-16-14(11-13)15(12-23)21-22(16)17-7-5-6-10-24-17/h8-9,11-12,17H,5-7,10H2,1-4H3. The molecule has 1 aromatic heterocycles. The number of carbonyl (C=O) groups is 1. The second-order valence-electron chi connectivity index (χ2n) is 8.13. The third-order valence-electron chi connectivity index (χ3n) is 5.82. The fourth-order valence-electron chi connectivity index (χ4n) is 3.53. The summed E-state index contributed by atoms with van der Waals surface area (Å²) in [6.45, 7) is 8.84. The van der Waals surface area contributed by atoms with Crippen LogP contribution in [0.1, 0.15) is 63.7 Å². The molecule has 2 saturated heterocycles. The number of rotatable bonds is 3. The molecule has 0 bridgehead atoms. The molecule has 4 rings (SSSR count). The number of aromatic nitrogens is 2. The molecular weight excluding hydrogens is 331 g/mol. The molecule has 0 N–H and O–H groups in total. The molecule has 2 aromatic rings. The third-order valence-corrected chi connectivity index (χ3v) is 5.82. The molecule has 0 saturated carbocycles. The van der Waals surface area contributed by atoms with Crippen LogP contribution in [0.25, 0.3) is 10.9 Å². The zero-order valence-corrected chi connectivity index (χ0v) is 15.8. The molecule has 6 nitrogen and oxygen atoms in total. The molecular formula is C19H25BN2O4. The molecule has 2 aliphatic rings. The Balaban J connectivity index is 1.73. The van der Waals surface area contributed by atoms with Crippen LogP contribution in [0.4, 0.5) is 0 Å². The van der Waals surface area contributed by atoms with Gasteiger partial charge in [-0.05, 0) is 58.5 Å². The molecule has 2 aliphatic heterocycles. The molecule has 138 valence electrons. The highest BCUT2D eigenvalue weighted by atomic mass is 16.7. The summed E-state index contributed by atoms with van der Waals surface area (Å²) in [5.41, 5.74) is 1.41. The highest BCUT2D eigenvalue weighted by Gasteiger charge is 2.51. The monoisotopic (exact) mass is 356 g/mol. The normalized spacial score (nSPS) is 24.9. The summed E-state index contributed by atoms with van der Waals surface area (Å²) in [5.74, 6) is 0. The largest absolute Gasteiger partial charge is 0.494 e. The summed E-state index contributed by atoms with van der Waals surface area (Å²) in [6, 6.07) is 5.92. The Labute approximate surface area is 153 Å². The first-order valence-electron chi connectivity index (χ1n) is 9.27. The van der Waals surface area contributed by atoms with Crippen molar-refractivity contribution in [2.45, 2.75) is 64.4 Å². The van der Waals surface area contributed by atoms with Crippen molar-refractivity contribution in [1.29, 1.82) is 0 Å². The van der Waals surface area contributed by atoms with Gasteiger partial charge in [0.05, 0.1) is 16.7 Å². The number of nitrogens with zero attached hydrogens (tertiary/aromatic N) is 2. The van der Waals surface area contributed by atoms with Crippen molar-refractivity contribution in [3.63, 3.8) is 0 Å². The van der Waals surface area contributed by atoms with Crippen LogP contribution in [0.3, 0.4) is 0 Å². The second-order valence-corrected chi connectivity index (χ2v) is 8.13. The van der Waals surface area contributed by atoms with Crippen LogP contribution in [0.5, 0.6) is 0 Å². The minimum Gasteiger partial charge on any atom is -0.399 e. The zero-order valence-electron chi connectivity index (χ0n) is 15.8. The Morgan fingerprint density at radius 3 is 2.54 bits per heavy atom. The predicted molar refractivity (Wildman–Crippen MR) is 99.7 cm³/mol. The van der Waals surface area contributed by atoms with Crippen LogP contribution in [-0.4, -0.2) is 41.0 Å². The maximum atomic E-state index is 11.6. The van der Waals surface area contributed by atoms with E-state index in [0.29, 0.717) is 5.69 Å². The third kappa shape index (κ3) is 2.78. The average Bonchev–Trinajstić information content (AvgIpc) is 3.09. The van der Waals surface area contributed by atoms with Gasteiger partial charge in [0.1, 0.15) is 5.69 Å². The molecule has 1 atom stereocenters. The number of benzene rings is 1. The highest BCUT2D eigenvalue weighted by Crippen LogP contribution is 2.37. The second kappa shape index (κ2) is 6.18. The van der Waals surface area contributed by atoms with Gasteiger partial charge in [-0.25, -0.2) is 4.68 Å². The van der Waals surface area contributed by atoms with E-state index in [2.05, 4.69) is 5.10 Å². The Morgan fingerprint density at radius 2 is 1.92 bits per heavy atom. The summed E-state index contributed by atoms with van der Waals surface area (Å²) in [7, 11) is -0.460. The smallest absolute Gasteiger partial charge is 0.399 e. The van der Waals surface area contributed by atoms with Crippen molar-refractivity contribution in [3.8, 4) is 0 Å². The molecule has 26 heavy (non-hydrogen) atoms. The molecule has 7 heteroatoms. The molecule has 0 radical (unpaired) electrons. The van der Waals surface area contributed by atoms with Crippen molar-refractivity contribution in [3.05, 3.63) is 23.9 Å². The minimum absolute atomic E-state index is 0.109. The van der Waals surface area contributed by atoms with Crippen LogP contribution in [0.15, 0.2) is 18.2 Å². The van der Waals surface area contributed by atoms with E-state index < -0.39 is 18.3 Å². The predicted octanol–water partition coefficient (Wildman–Crippen LogP) is 2.85. The van der Waals surface area contributed by atoms with E-state index in [1.54, 1.807) is 0 Å². The van der Waals surface area contributed by atoms with E-state index in [1.165, 1.54) is 0 Å². The lowest BCUT2D eigenvalue weighted by Crippen LogP contribution is -2.41. The SMILES string of the molecule is CC1(C)OB(c2ccc3c(c2)c(C=O)nn3C2CCCCO2)OC1(C)C. The van der Waals surface area contributed by atoms with Crippen LogP contribution in [0, 0.1) is 0 Å². The van der Waals surface area contributed by atoms with Gasteiger partial charge in [-0.2, -0.15) is 5.10 Å². The van der Waals surface area contributed by atoms with Crippen molar-refractivity contribution in [2.75, 3.05) is 6.61 Å². The number of hydrogen-bond acceptors (Lipinski definition) is 5. The first-order chi connectivity index (χ1) is 12.3. The molecule has 1 unspecified atom stereocenters. The number of fused-ring (bicyclic) bond motifs is 1. The summed E-state index contributed by atoms with van der Waals surface area (Å²) in [4.78, 5) is 11.6. The Bertz CT molecular complexity index is 823. The Hall–Kier alpha value is -1.70. The quantitative estimate of drug-likeness (QED) is 0.625. The number of aldehydes is 1. The van der Waals surface area contributed by atoms with Crippen molar-refractivity contribution < 1.29 is 18.8 Å². The van der Waals surface area contributed by atoms with E-state index in [-0.39, 0.29) is 6.23 Å². The fraction of sp³-hybridized carbons (Fsp3) is 0.579. The van der Waals surface area contributed by atoms with Gasteiger partial charge in [-0.3, -0.25) is 4.79 Å². The topological polar surface area (TPSA) is 62.6 Å². The van der Waals surface area contributed by atoms with Crippen LogP contribution < -0.4 is 5.46 Å². The highest BCUT2D eigenvalue weighted by molar-refractivity contribution is 6.62. The van der Waals surface area contributed by atoms with Crippen molar-refractivity contribution >= 4 is 29.8 Å². The summed E-state index contributed by atoms with van der Waals surface area (Å²) >= 11 is 0. The maximum absolute atomic E-state index is 11.6. The van der Waals surface area contributed by atoms with E-state index in [1.807, 2.05) is 50.6 Å². The molecule has 0 spiro atoms. The van der Waals surface area contributed by atoms with Gasteiger partial charge in [0, 0.05) is 12.0 Å². The minimum atomic E-state index is -0.460. The lowest BCUT2D eigenvalue weighted by molar-refractivity contribution is -0.0367. The van der Waals surface area contributed by atoms with Crippen LogP contribution >= 0.6 is 0 Å². The zero-order chi connectivity index (χ0) is 18.5. The van der Waals surface area contributed by atoms with Gasteiger partial charge >= 0.3 is 7.12 Å². The summed E-state index contributed by atoms with van der Waals surface area (Å²) < 4.78 is 20.0. The van der Waals surface area contributed by atoms with Gasteiger partial charge in [0.15, 0.2) is 12.5 Å². The first kappa shape index (κ1) is 17.7. The molecule has 3 heterocycles. The summed E-state index contributed by atoms with van der Waals surface area (Å²) in [5, 5.41) is 5.31. The fourth-order valence-corrected chi connectivity index (χ4v) is 3.53. The van der Waals surface area contributed by atoms with E-state index in [4.69, 9.17) is 14.0 Å². The molecule has 2 fully saturated rings. The van der Waals surface area contributed by atoms with Crippen LogP contribution in [-0.2, 0) is 14.0 Å². The summed E-state index contributed by atoms with van der Waals surface area (Å²) in [6.07, 6.45) is 3.78. The van der Waals surface area contributed by atoms with Crippen molar-refractivity contribution in [1.82, 2.24) is 9.78 Å². The number of carbonyl (C=O) groups excluding carboxylic acids is 1. The Kier molecular flexibility index (Phi) is 4.21. The van der Waals surface area contributed by atoms with Gasteiger partial charge in [0.2, 0.25) is 0 Å². The Morgan fingerprint density at radius 1 is 1.19 bits per heavy atom. The van der Waals surface area contributed by atoms with Crippen LogP contribution in [0.2, 0.25) is 0 Å². The molecule has 0 amide bonds. The van der Waals surface area contributed by atoms with Gasteiger partial charge in [-0.1, -0.05) is 12.1 Å². The first-order valence-corrected chi connectivity index (χ1v) is 9.27.